The quantitative estimate of drug-likeness (QED) is 0.524. The number of terminal acetylenes is 1. The number of hydrogen-bond donors (Lipinski definition) is 0. The minimum atomic E-state index is -3.79. The predicted molar refractivity (Wildman–Crippen MR) is 117 cm³/mol. The molecule has 158 valence electrons. The Balaban J connectivity index is 1.90. The molecule has 0 saturated heterocycles. The van der Waals surface area contributed by atoms with Crippen LogP contribution in [0.15, 0.2) is 38.9 Å². The lowest BCUT2D eigenvalue weighted by molar-refractivity contribution is 0.583. The van der Waals surface area contributed by atoms with Gasteiger partial charge in [0.15, 0.2) is 9.84 Å². The smallest absolute Gasteiger partial charge is 0.282 e. The van der Waals surface area contributed by atoms with E-state index in [1.165, 1.54) is 34.1 Å². The molecule has 1 saturated carbocycles. The third-order valence-electron chi connectivity index (χ3n) is 5.34. The molecule has 1 fully saturated rings. The summed E-state index contributed by atoms with van der Waals surface area (Å²) in [6, 6.07) is 6.14. The number of rotatable bonds is 6. The molecule has 1 aliphatic rings. The first-order chi connectivity index (χ1) is 14.7. The number of fused-ring (bicyclic) bond motifs is 1. The van der Waals surface area contributed by atoms with E-state index in [4.69, 9.17) is 6.42 Å². The zero-order valence-corrected chi connectivity index (χ0v) is 18.3. The van der Waals surface area contributed by atoms with Crippen LogP contribution in [0.3, 0.4) is 0 Å². The second-order valence-electron chi connectivity index (χ2n) is 7.64. The van der Waals surface area contributed by atoms with Gasteiger partial charge < -0.3 is 0 Å². The first-order valence-electron chi connectivity index (χ1n) is 9.46. The lowest BCUT2D eigenvalue weighted by atomic mass is 10.2. The van der Waals surface area contributed by atoms with Crippen LogP contribution in [0.1, 0.15) is 22.7 Å². The highest BCUT2D eigenvalue weighted by atomic mass is 32.2. The molecule has 0 spiro atoms. The summed E-state index contributed by atoms with van der Waals surface area (Å²) < 4.78 is 28.1. The van der Waals surface area contributed by atoms with E-state index in [0.717, 1.165) is 14.5 Å². The number of nitrogens with zero attached hydrogens (tertiary/aromatic N) is 4. The average Bonchev–Trinajstić information content (AvgIpc) is 3.38. The first-order valence-corrected chi connectivity index (χ1v) is 11.9. The molecule has 10 heteroatoms. The van der Waals surface area contributed by atoms with E-state index >= 15 is 0 Å². The van der Waals surface area contributed by atoms with Gasteiger partial charge in [0.05, 0.1) is 51.1 Å². The highest BCUT2D eigenvalue weighted by Crippen LogP contribution is 2.46. The molecular weight excluding hydrogens is 436 g/mol. The van der Waals surface area contributed by atoms with Gasteiger partial charge in [-0.25, -0.2) is 18.2 Å². The van der Waals surface area contributed by atoms with Gasteiger partial charge in [0.2, 0.25) is 0 Å². The average molecular weight is 455 g/mol. The maximum atomic E-state index is 13.2. The van der Waals surface area contributed by atoms with Gasteiger partial charge in [0.1, 0.15) is 0 Å². The van der Waals surface area contributed by atoms with Crippen molar-refractivity contribution in [2.45, 2.75) is 37.8 Å². The van der Waals surface area contributed by atoms with Gasteiger partial charge in [-0.1, -0.05) is 5.92 Å². The standard InChI is InChI=1S/C21H18N4O4S2/c1-3-8-24-18-5-4-16(31(28,29)13-21(12-22)6-7-21)9-17(18)19(26)25(20(24)27)11-15-10-23-14(2)30-15/h1,4-5,9-10H,6-8,11,13H2,2H3. The van der Waals surface area contributed by atoms with Gasteiger partial charge in [-0.05, 0) is 38.0 Å². The lowest BCUT2D eigenvalue weighted by Gasteiger charge is -2.13. The topological polar surface area (TPSA) is 115 Å². The number of thiazole rings is 1. The fourth-order valence-corrected chi connectivity index (χ4v) is 6.10. The van der Waals surface area contributed by atoms with Crippen LogP contribution in [0.5, 0.6) is 0 Å². The van der Waals surface area contributed by atoms with E-state index in [1.807, 2.05) is 6.92 Å². The molecule has 3 aromatic rings. The second-order valence-corrected chi connectivity index (χ2v) is 10.9. The molecule has 0 N–H and O–H groups in total. The van der Waals surface area contributed by atoms with Crippen LogP contribution in [-0.2, 0) is 22.9 Å². The third kappa shape index (κ3) is 3.80. The van der Waals surface area contributed by atoms with Crippen LogP contribution in [0, 0.1) is 36.0 Å². The van der Waals surface area contributed by atoms with Gasteiger partial charge in [-0.2, -0.15) is 5.26 Å². The molecule has 4 rings (SSSR count). The molecule has 1 aliphatic carbocycles. The van der Waals surface area contributed by atoms with Crippen molar-refractivity contribution in [1.82, 2.24) is 14.1 Å². The van der Waals surface area contributed by atoms with Crippen molar-refractivity contribution in [3.63, 3.8) is 0 Å². The maximum absolute atomic E-state index is 13.2. The van der Waals surface area contributed by atoms with Gasteiger partial charge in [0, 0.05) is 11.1 Å². The Morgan fingerprint density at radius 1 is 1.29 bits per heavy atom. The van der Waals surface area contributed by atoms with E-state index in [9.17, 15) is 23.3 Å². The number of nitriles is 1. The number of hydrogen-bond acceptors (Lipinski definition) is 7. The number of aryl methyl sites for hydroxylation is 1. The van der Waals surface area contributed by atoms with E-state index < -0.39 is 26.5 Å². The predicted octanol–water partition coefficient (Wildman–Crippen LogP) is 1.69. The first kappa shape index (κ1) is 21.0. The number of aromatic nitrogens is 3. The largest absolute Gasteiger partial charge is 0.332 e. The van der Waals surface area contributed by atoms with Crippen molar-refractivity contribution in [3.05, 3.63) is 55.1 Å². The second kappa shape index (κ2) is 7.49. The summed E-state index contributed by atoms with van der Waals surface area (Å²) >= 11 is 1.36. The summed E-state index contributed by atoms with van der Waals surface area (Å²) in [4.78, 5) is 31.0. The van der Waals surface area contributed by atoms with Crippen LogP contribution >= 0.6 is 11.3 Å². The summed E-state index contributed by atoms with van der Waals surface area (Å²) in [6.07, 6.45) is 8.10. The molecule has 31 heavy (non-hydrogen) atoms. The molecule has 8 nitrogen and oxygen atoms in total. The summed E-state index contributed by atoms with van der Waals surface area (Å²) in [5, 5.41) is 10.1. The molecule has 0 bridgehead atoms. The van der Waals surface area contributed by atoms with Crippen molar-refractivity contribution in [2.24, 2.45) is 5.41 Å². The molecule has 0 aliphatic heterocycles. The Hall–Kier alpha value is -3.21. The summed E-state index contributed by atoms with van der Waals surface area (Å²) in [7, 11) is -3.79. The summed E-state index contributed by atoms with van der Waals surface area (Å²) in [5.74, 6) is 2.12. The molecule has 2 heterocycles. The zero-order valence-electron chi connectivity index (χ0n) is 16.7. The van der Waals surface area contributed by atoms with Crippen molar-refractivity contribution in [1.29, 1.82) is 5.26 Å². The maximum Gasteiger partial charge on any atom is 0.332 e. The lowest BCUT2D eigenvalue weighted by Crippen LogP contribution is -2.40. The minimum absolute atomic E-state index is 0.0121. The SMILES string of the molecule is C#CCn1c(=O)n(Cc2cnc(C)s2)c(=O)c2cc(S(=O)(=O)CC3(C#N)CC3)ccc21. The summed E-state index contributed by atoms with van der Waals surface area (Å²) in [5.41, 5.74) is -1.75. The highest BCUT2D eigenvalue weighted by molar-refractivity contribution is 7.91. The molecule has 2 aromatic heterocycles. The Morgan fingerprint density at radius 2 is 2.03 bits per heavy atom. The van der Waals surface area contributed by atoms with Crippen LogP contribution in [0.25, 0.3) is 10.9 Å². The Bertz CT molecular complexity index is 1510. The van der Waals surface area contributed by atoms with Crippen LogP contribution in [0.2, 0.25) is 0 Å². The van der Waals surface area contributed by atoms with Gasteiger partial charge in [0.25, 0.3) is 5.56 Å². The normalized spacial score (nSPS) is 14.8. The van der Waals surface area contributed by atoms with E-state index in [2.05, 4.69) is 17.0 Å². The highest BCUT2D eigenvalue weighted by Gasteiger charge is 2.47. The van der Waals surface area contributed by atoms with Crippen molar-refractivity contribution >= 4 is 32.1 Å². The molecule has 0 radical (unpaired) electrons. The Labute approximate surface area is 182 Å². The van der Waals surface area contributed by atoms with Crippen LogP contribution < -0.4 is 11.2 Å². The van der Waals surface area contributed by atoms with Crippen LogP contribution in [-0.4, -0.2) is 28.3 Å². The monoisotopic (exact) mass is 454 g/mol. The Morgan fingerprint density at radius 3 is 2.61 bits per heavy atom. The minimum Gasteiger partial charge on any atom is -0.282 e. The van der Waals surface area contributed by atoms with Gasteiger partial charge >= 0.3 is 5.69 Å². The molecule has 1 aromatic carbocycles. The van der Waals surface area contributed by atoms with Crippen molar-refractivity contribution in [3.8, 4) is 18.4 Å². The third-order valence-corrected chi connectivity index (χ3v) is 8.15. The van der Waals surface area contributed by atoms with E-state index in [0.29, 0.717) is 12.8 Å². The van der Waals surface area contributed by atoms with Gasteiger partial charge in [-0.3, -0.25) is 13.9 Å². The van der Waals surface area contributed by atoms with Gasteiger partial charge in [-0.15, -0.1) is 17.8 Å². The Kier molecular flexibility index (Phi) is 5.08. The van der Waals surface area contributed by atoms with Crippen molar-refractivity contribution in [2.75, 3.05) is 5.75 Å². The summed E-state index contributed by atoms with van der Waals surface area (Å²) in [6.45, 7) is 1.76. The molecule has 0 unspecified atom stereocenters. The molecule has 0 amide bonds. The van der Waals surface area contributed by atoms with Crippen LogP contribution in [0.4, 0.5) is 0 Å². The number of sulfone groups is 1. The molecular formula is C21H18N4O4S2. The van der Waals surface area contributed by atoms with E-state index in [-0.39, 0.29) is 34.6 Å². The zero-order chi connectivity index (χ0) is 22.4. The number of benzene rings is 1. The molecule has 0 atom stereocenters. The fourth-order valence-electron chi connectivity index (χ4n) is 3.50. The van der Waals surface area contributed by atoms with Crippen molar-refractivity contribution < 1.29 is 8.42 Å². The van der Waals surface area contributed by atoms with E-state index in [1.54, 1.807) is 6.20 Å². The fraction of sp³-hybridized carbons (Fsp3) is 0.333.